The quantitative estimate of drug-likeness (QED) is 0.226. The van der Waals surface area contributed by atoms with E-state index < -0.39 is 22.5 Å². The van der Waals surface area contributed by atoms with Gasteiger partial charge in [0, 0.05) is 22.6 Å². The summed E-state index contributed by atoms with van der Waals surface area (Å²) in [6.45, 7) is 7.41. The molecule has 38 heavy (non-hydrogen) atoms. The van der Waals surface area contributed by atoms with Gasteiger partial charge in [-0.1, -0.05) is 59.6 Å². The number of halogens is 1. The Kier molecular flexibility index (Phi) is 8.04. The summed E-state index contributed by atoms with van der Waals surface area (Å²) in [7, 11) is -4.08. The van der Waals surface area contributed by atoms with Gasteiger partial charge in [0.1, 0.15) is 6.54 Å². The molecule has 0 aliphatic carbocycles. The second-order valence-electron chi connectivity index (χ2n) is 9.02. The van der Waals surface area contributed by atoms with Crippen LogP contribution in [0.2, 0.25) is 5.02 Å². The average molecular weight is 549 g/mol. The third-order valence-corrected chi connectivity index (χ3v) is 8.33. The van der Waals surface area contributed by atoms with Gasteiger partial charge in [-0.2, -0.15) is 5.10 Å². The second kappa shape index (κ2) is 11.2. The first kappa shape index (κ1) is 27.2. The smallest absolute Gasteiger partial charge is 0.264 e. The van der Waals surface area contributed by atoms with E-state index >= 15 is 0 Å². The fourth-order valence-electron chi connectivity index (χ4n) is 4.23. The van der Waals surface area contributed by atoms with Crippen LogP contribution in [-0.4, -0.2) is 31.7 Å². The molecule has 7 nitrogen and oxygen atoms in total. The van der Waals surface area contributed by atoms with Gasteiger partial charge in [0.15, 0.2) is 0 Å². The first-order chi connectivity index (χ1) is 18.1. The van der Waals surface area contributed by atoms with Crippen LogP contribution in [0.15, 0.2) is 88.9 Å². The Morgan fingerprint density at radius 2 is 1.63 bits per heavy atom. The molecule has 9 heteroatoms. The Morgan fingerprint density at radius 3 is 2.32 bits per heavy atom. The van der Waals surface area contributed by atoms with E-state index in [4.69, 9.17) is 11.6 Å². The molecule has 0 saturated heterocycles. The van der Waals surface area contributed by atoms with E-state index in [1.165, 1.54) is 12.1 Å². The fraction of sp³-hybridized carbons (Fsp3) is 0.172. The van der Waals surface area contributed by atoms with Gasteiger partial charge in [-0.15, -0.1) is 0 Å². The van der Waals surface area contributed by atoms with Crippen molar-refractivity contribution in [2.24, 2.45) is 5.10 Å². The number of aryl methyl sites for hydroxylation is 3. The summed E-state index contributed by atoms with van der Waals surface area (Å²) in [5, 5.41) is 4.33. The van der Waals surface area contributed by atoms with Crippen molar-refractivity contribution in [3.63, 3.8) is 0 Å². The van der Waals surface area contributed by atoms with Crippen LogP contribution < -0.4 is 9.73 Å². The molecule has 0 spiro atoms. The monoisotopic (exact) mass is 548 g/mol. The van der Waals surface area contributed by atoms with Crippen LogP contribution in [-0.2, 0) is 14.8 Å². The number of hydrogen-bond donors (Lipinski definition) is 1. The normalized spacial score (nSPS) is 11.6. The Morgan fingerprint density at radius 1 is 0.974 bits per heavy atom. The predicted octanol–water partition coefficient (Wildman–Crippen LogP) is 5.71. The summed E-state index contributed by atoms with van der Waals surface area (Å²) in [5.41, 5.74) is 8.63. The maximum Gasteiger partial charge on any atom is 0.264 e. The zero-order valence-corrected chi connectivity index (χ0v) is 23.2. The van der Waals surface area contributed by atoms with Gasteiger partial charge in [0.2, 0.25) is 0 Å². The first-order valence-electron chi connectivity index (χ1n) is 12.0. The molecule has 3 aromatic carbocycles. The van der Waals surface area contributed by atoms with Crippen LogP contribution in [0.4, 0.5) is 5.69 Å². The molecule has 0 radical (unpaired) electrons. The Balaban J connectivity index is 1.57. The van der Waals surface area contributed by atoms with Crippen molar-refractivity contribution in [3.05, 3.63) is 112 Å². The van der Waals surface area contributed by atoms with Crippen molar-refractivity contribution in [3.8, 4) is 5.69 Å². The highest BCUT2D eigenvalue weighted by atomic mass is 35.5. The highest BCUT2D eigenvalue weighted by molar-refractivity contribution is 7.92. The van der Waals surface area contributed by atoms with Gasteiger partial charge in [-0.05, 0) is 69.7 Å². The fourth-order valence-corrected chi connectivity index (χ4v) is 5.96. The number of para-hydroxylation sites is 2. The number of amides is 1. The minimum Gasteiger partial charge on any atom is -0.318 e. The maximum absolute atomic E-state index is 13.5. The molecule has 1 amide bonds. The van der Waals surface area contributed by atoms with E-state index in [1.54, 1.807) is 42.6 Å². The number of carbonyl (C=O) groups is 1. The summed E-state index contributed by atoms with van der Waals surface area (Å²) >= 11 is 6.33. The molecule has 0 saturated carbocycles. The second-order valence-corrected chi connectivity index (χ2v) is 11.3. The van der Waals surface area contributed by atoms with Crippen molar-refractivity contribution >= 4 is 39.4 Å². The number of anilines is 1. The maximum atomic E-state index is 13.5. The van der Waals surface area contributed by atoms with Crippen molar-refractivity contribution in [2.45, 2.75) is 32.6 Å². The average Bonchev–Trinajstić information content (AvgIpc) is 3.16. The topological polar surface area (TPSA) is 83.8 Å². The van der Waals surface area contributed by atoms with Gasteiger partial charge >= 0.3 is 0 Å². The van der Waals surface area contributed by atoms with Gasteiger partial charge in [-0.25, -0.2) is 13.8 Å². The summed E-state index contributed by atoms with van der Waals surface area (Å²) in [6.07, 6.45) is 1.56. The number of nitrogens with zero attached hydrogens (tertiary/aromatic N) is 3. The Bertz CT molecular complexity index is 1610. The van der Waals surface area contributed by atoms with Gasteiger partial charge in [0.05, 0.1) is 21.8 Å². The van der Waals surface area contributed by atoms with Crippen LogP contribution in [0.1, 0.15) is 28.1 Å². The lowest BCUT2D eigenvalue weighted by molar-refractivity contribution is -0.119. The van der Waals surface area contributed by atoms with E-state index in [9.17, 15) is 13.2 Å². The first-order valence-corrected chi connectivity index (χ1v) is 13.8. The highest BCUT2D eigenvalue weighted by Gasteiger charge is 2.28. The minimum atomic E-state index is -4.08. The van der Waals surface area contributed by atoms with Crippen molar-refractivity contribution < 1.29 is 13.2 Å². The number of hydrogen-bond acceptors (Lipinski definition) is 4. The van der Waals surface area contributed by atoms with E-state index in [0.717, 1.165) is 38.1 Å². The van der Waals surface area contributed by atoms with E-state index in [-0.39, 0.29) is 15.6 Å². The van der Waals surface area contributed by atoms with Gasteiger partial charge in [0.25, 0.3) is 15.9 Å². The van der Waals surface area contributed by atoms with E-state index in [1.807, 2.05) is 39.0 Å². The summed E-state index contributed by atoms with van der Waals surface area (Å²) in [4.78, 5) is 13.0. The zero-order valence-electron chi connectivity index (χ0n) is 21.6. The number of rotatable bonds is 8. The summed E-state index contributed by atoms with van der Waals surface area (Å²) in [5.74, 6) is -0.607. The lowest BCUT2D eigenvalue weighted by Gasteiger charge is -2.24. The van der Waals surface area contributed by atoms with Crippen LogP contribution in [0.3, 0.4) is 0 Å². The molecule has 0 atom stereocenters. The van der Waals surface area contributed by atoms with Crippen LogP contribution in [0.25, 0.3) is 5.69 Å². The third kappa shape index (κ3) is 5.66. The Labute approximate surface area is 228 Å². The zero-order chi connectivity index (χ0) is 27.4. The molecule has 0 aliphatic rings. The predicted molar refractivity (Wildman–Crippen MR) is 153 cm³/mol. The van der Waals surface area contributed by atoms with Gasteiger partial charge in [-0.3, -0.25) is 9.10 Å². The van der Waals surface area contributed by atoms with Gasteiger partial charge < -0.3 is 4.57 Å². The highest BCUT2D eigenvalue weighted by Crippen LogP contribution is 2.30. The minimum absolute atomic E-state index is 0.0583. The number of hydrazone groups is 1. The molecule has 4 rings (SSSR count). The molecule has 4 aromatic rings. The molecule has 0 fully saturated rings. The largest absolute Gasteiger partial charge is 0.318 e. The molecular formula is C29H29ClN4O3S. The summed E-state index contributed by atoms with van der Waals surface area (Å²) < 4.78 is 30.2. The van der Waals surface area contributed by atoms with Crippen molar-refractivity contribution in [1.82, 2.24) is 9.99 Å². The molecular weight excluding hydrogens is 520 g/mol. The molecule has 0 bridgehead atoms. The third-order valence-electron chi connectivity index (χ3n) is 6.24. The summed E-state index contributed by atoms with van der Waals surface area (Å²) in [6, 6.07) is 23.0. The number of sulfonamides is 1. The van der Waals surface area contributed by atoms with E-state index in [0.29, 0.717) is 0 Å². The van der Waals surface area contributed by atoms with Crippen molar-refractivity contribution in [2.75, 3.05) is 10.8 Å². The van der Waals surface area contributed by atoms with E-state index in [2.05, 4.69) is 34.2 Å². The van der Waals surface area contributed by atoms with Crippen LogP contribution in [0, 0.1) is 27.7 Å². The molecule has 0 aliphatic heterocycles. The standard InChI is InChI=1S/C29H29ClN4O3S/c1-20-13-15-25(16-14-20)38(36,37)33(28-12-8-6-10-26(28)30)19-29(35)32-31-18-24-17-22(3)34(23(24)4)27-11-7-5-9-21(27)2/h5-18H,19H2,1-4H3,(H,32,35)/b31-18-. The number of nitrogens with one attached hydrogen (secondary N) is 1. The molecule has 1 N–H and O–H groups in total. The lowest BCUT2D eigenvalue weighted by atomic mass is 10.2. The number of aromatic nitrogens is 1. The van der Waals surface area contributed by atoms with Crippen LogP contribution in [0.5, 0.6) is 0 Å². The van der Waals surface area contributed by atoms with Crippen LogP contribution >= 0.6 is 11.6 Å². The lowest BCUT2D eigenvalue weighted by Crippen LogP contribution is -2.39. The number of benzene rings is 3. The molecule has 1 heterocycles. The number of carbonyl (C=O) groups excluding carboxylic acids is 1. The Hall–Kier alpha value is -3.88. The molecule has 0 unspecified atom stereocenters. The van der Waals surface area contributed by atoms with Crippen molar-refractivity contribution in [1.29, 1.82) is 0 Å². The molecule has 1 aromatic heterocycles. The molecule has 196 valence electrons. The SMILES string of the molecule is Cc1ccc(S(=O)(=O)N(CC(=O)N/N=C\c2cc(C)n(-c3ccccc3C)c2C)c2ccccc2Cl)cc1.